The van der Waals surface area contributed by atoms with Gasteiger partial charge in [-0.25, -0.2) is 0 Å². The molecular weight excluding hydrogens is 352 g/mol. The number of methoxy groups -OCH3 is 1. The van der Waals surface area contributed by atoms with E-state index in [1.807, 2.05) is 4.90 Å². The molecule has 1 heterocycles. The minimum absolute atomic E-state index is 0.0928. The lowest BCUT2D eigenvalue weighted by atomic mass is 9.93. The van der Waals surface area contributed by atoms with Gasteiger partial charge in [-0.1, -0.05) is 23.8 Å². The predicted molar refractivity (Wildman–Crippen MR) is 102 cm³/mol. The van der Waals surface area contributed by atoms with E-state index in [0.29, 0.717) is 42.5 Å². The highest BCUT2D eigenvalue weighted by molar-refractivity contribution is 6.31. The van der Waals surface area contributed by atoms with Gasteiger partial charge in [-0.15, -0.1) is 0 Å². The lowest BCUT2D eigenvalue weighted by Crippen LogP contribution is -2.40. The van der Waals surface area contributed by atoms with E-state index >= 15 is 0 Å². The van der Waals surface area contributed by atoms with Gasteiger partial charge in [-0.05, 0) is 43.9 Å². The third kappa shape index (κ3) is 4.21. The van der Waals surface area contributed by atoms with Crippen molar-refractivity contribution in [2.24, 2.45) is 5.92 Å². The highest BCUT2D eigenvalue weighted by atomic mass is 35.5. The summed E-state index contributed by atoms with van der Waals surface area (Å²) in [5.74, 6) is 0.740. The predicted octanol–water partition coefficient (Wildman–Crippen LogP) is 3.38. The monoisotopic (exact) mass is 376 g/mol. The molecular formula is C20H25ClN2O3. The van der Waals surface area contributed by atoms with Gasteiger partial charge in [0, 0.05) is 37.1 Å². The molecule has 1 aliphatic carbocycles. The zero-order chi connectivity index (χ0) is 18.5. The molecule has 1 aliphatic heterocycles. The summed E-state index contributed by atoms with van der Waals surface area (Å²) in [5, 5.41) is 0.506. The van der Waals surface area contributed by atoms with Crippen LogP contribution in [-0.4, -0.2) is 54.9 Å². The number of carbonyl (C=O) groups excluding carboxylic acids is 2. The van der Waals surface area contributed by atoms with Gasteiger partial charge in [0.25, 0.3) is 5.91 Å². The van der Waals surface area contributed by atoms with Gasteiger partial charge in [0.1, 0.15) is 5.75 Å². The van der Waals surface area contributed by atoms with Crippen molar-refractivity contribution in [3.05, 3.63) is 40.9 Å². The van der Waals surface area contributed by atoms with Crippen molar-refractivity contribution in [2.45, 2.75) is 25.7 Å². The van der Waals surface area contributed by atoms with Crippen molar-refractivity contribution in [3.8, 4) is 5.75 Å². The maximum absolute atomic E-state index is 12.9. The topological polar surface area (TPSA) is 49.9 Å². The molecule has 0 spiro atoms. The minimum Gasteiger partial charge on any atom is -0.496 e. The number of allylic oxidation sites excluding steroid dienone is 2. The molecule has 0 aromatic heterocycles. The lowest BCUT2D eigenvalue weighted by Gasteiger charge is -2.27. The van der Waals surface area contributed by atoms with Crippen LogP contribution in [-0.2, 0) is 4.79 Å². The van der Waals surface area contributed by atoms with Crippen molar-refractivity contribution in [1.29, 1.82) is 0 Å². The lowest BCUT2D eigenvalue weighted by molar-refractivity contribution is -0.135. The van der Waals surface area contributed by atoms with Crippen LogP contribution in [0.3, 0.4) is 0 Å². The van der Waals surface area contributed by atoms with Gasteiger partial charge in [-0.2, -0.15) is 0 Å². The Kier molecular flexibility index (Phi) is 6.20. The number of rotatable bonds is 3. The van der Waals surface area contributed by atoms with Crippen LogP contribution in [0.2, 0.25) is 5.02 Å². The zero-order valence-corrected chi connectivity index (χ0v) is 15.9. The number of amides is 2. The number of benzene rings is 1. The maximum Gasteiger partial charge on any atom is 0.257 e. The number of ether oxygens (including phenoxy) is 1. The molecule has 1 aromatic rings. The van der Waals surface area contributed by atoms with Gasteiger partial charge in [0.2, 0.25) is 5.91 Å². The van der Waals surface area contributed by atoms with E-state index in [0.717, 1.165) is 25.7 Å². The summed E-state index contributed by atoms with van der Waals surface area (Å²) in [6.07, 6.45) is 7.76. The van der Waals surface area contributed by atoms with Crippen LogP contribution in [0, 0.1) is 5.92 Å². The quantitative estimate of drug-likeness (QED) is 0.760. The Morgan fingerprint density at radius 3 is 2.62 bits per heavy atom. The minimum atomic E-state index is -0.0979. The number of hydrogen-bond donors (Lipinski definition) is 0. The largest absolute Gasteiger partial charge is 0.496 e. The average molecular weight is 377 g/mol. The molecule has 2 aliphatic rings. The first-order chi connectivity index (χ1) is 12.6. The summed E-state index contributed by atoms with van der Waals surface area (Å²) >= 11 is 6.06. The SMILES string of the molecule is COc1ccc(Cl)cc1C(=O)N1CCCN(C(=O)C2CC=CCC2)CC1. The third-order valence-electron chi connectivity index (χ3n) is 5.11. The average Bonchev–Trinajstić information content (AvgIpc) is 2.93. The Morgan fingerprint density at radius 1 is 1.12 bits per heavy atom. The highest BCUT2D eigenvalue weighted by Gasteiger charge is 2.28. The van der Waals surface area contributed by atoms with E-state index in [1.165, 1.54) is 0 Å². The van der Waals surface area contributed by atoms with Gasteiger partial charge < -0.3 is 14.5 Å². The van der Waals surface area contributed by atoms with Crippen LogP contribution in [0.15, 0.2) is 30.4 Å². The summed E-state index contributed by atoms with van der Waals surface area (Å²) in [6.45, 7) is 2.44. The van der Waals surface area contributed by atoms with Crippen LogP contribution >= 0.6 is 11.6 Å². The maximum atomic E-state index is 12.9. The first-order valence-corrected chi connectivity index (χ1v) is 9.54. The summed E-state index contributed by atoms with van der Waals surface area (Å²) in [4.78, 5) is 29.4. The molecule has 140 valence electrons. The molecule has 1 aromatic carbocycles. The van der Waals surface area contributed by atoms with Crippen molar-refractivity contribution < 1.29 is 14.3 Å². The molecule has 0 N–H and O–H groups in total. The summed E-state index contributed by atoms with van der Waals surface area (Å²) in [6, 6.07) is 5.06. The second-order valence-electron chi connectivity index (χ2n) is 6.80. The van der Waals surface area contributed by atoms with Gasteiger partial charge in [0.05, 0.1) is 12.7 Å². The molecule has 1 unspecified atom stereocenters. The Balaban J connectivity index is 1.66. The molecule has 1 saturated heterocycles. The van der Waals surface area contributed by atoms with Crippen LogP contribution in [0.25, 0.3) is 0 Å². The van der Waals surface area contributed by atoms with E-state index in [9.17, 15) is 9.59 Å². The Morgan fingerprint density at radius 2 is 1.88 bits per heavy atom. The van der Waals surface area contributed by atoms with Crippen LogP contribution < -0.4 is 4.74 Å². The van der Waals surface area contributed by atoms with Crippen molar-refractivity contribution in [3.63, 3.8) is 0 Å². The number of halogens is 1. The Labute approximate surface area is 159 Å². The zero-order valence-electron chi connectivity index (χ0n) is 15.1. The molecule has 1 fully saturated rings. The molecule has 6 heteroatoms. The summed E-state index contributed by atoms with van der Waals surface area (Å²) < 4.78 is 5.31. The van der Waals surface area contributed by atoms with Gasteiger partial charge >= 0.3 is 0 Å². The first-order valence-electron chi connectivity index (χ1n) is 9.16. The van der Waals surface area contributed by atoms with Crippen LogP contribution in [0.1, 0.15) is 36.0 Å². The molecule has 0 saturated carbocycles. The summed E-state index contributed by atoms with van der Waals surface area (Å²) in [5.41, 5.74) is 0.470. The third-order valence-corrected chi connectivity index (χ3v) is 5.34. The normalized spacial score (nSPS) is 20.6. The molecule has 0 radical (unpaired) electrons. The number of nitrogens with zero attached hydrogens (tertiary/aromatic N) is 2. The van der Waals surface area contributed by atoms with Crippen molar-refractivity contribution in [2.75, 3.05) is 33.3 Å². The highest BCUT2D eigenvalue weighted by Crippen LogP contribution is 2.25. The van der Waals surface area contributed by atoms with Crippen LogP contribution in [0.4, 0.5) is 0 Å². The molecule has 1 atom stereocenters. The fraction of sp³-hybridized carbons (Fsp3) is 0.500. The standard InChI is InChI=1S/C20H25ClN2O3/c1-26-18-9-8-16(21)14-17(18)20(25)23-11-5-10-22(12-13-23)19(24)15-6-3-2-4-7-15/h2-3,8-9,14-15H,4-7,10-13H2,1H3. The molecule has 2 amide bonds. The van der Waals surface area contributed by atoms with E-state index < -0.39 is 0 Å². The fourth-order valence-corrected chi connectivity index (χ4v) is 3.81. The first kappa shape index (κ1) is 18.8. The molecule has 3 rings (SSSR count). The molecule has 26 heavy (non-hydrogen) atoms. The second-order valence-corrected chi connectivity index (χ2v) is 7.23. The second kappa shape index (κ2) is 8.58. The van der Waals surface area contributed by atoms with E-state index in [-0.39, 0.29) is 17.7 Å². The smallest absolute Gasteiger partial charge is 0.257 e. The molecule has 5 nitrogen and oxygen atoms in total. The number of carbonyl (C=O) groups is 2. The van der Waals surface area contributed by atoms with E-state index in [2.05, 4.69) is 12.2 Å². The van der Waals surface area contributed by atoms with Gasteiger partial charge in [0.15, 0.2) is 0 Å². The van der Waals surface area contributed by atoms with Gasteiger partial charge in [-0.3, -0.25) is 9.59 Å². The Hall–Kier alpha value is -2.01. The fourth-order valence-electron chi connectivity index (χ4n) is 3.63. The number of hydrogen-bond acceptors (Lipinski definition) is 3. The van der Waals surface area contributed by atoms with E-state index in [4.69, 9.17) is 16.3 Å². The van der Waals surface area contributed by atoms with E-state index in [1.54, 1.807) is 30.2 Å². The Bertz CT molecular complexity index is 704. The van der Waals surface area contributed by atoms with Crippen molar-refractivity contribution in [1.82, 2.24) is 9.80 Å². The van der Waals surface area contributed by atoms with Crippen LogP contribution in [0.5, 0.6) is 5.75 Å². The molecule has 0 bridgehead atoms. The van der Waals surface area contributed by atoms with Crippen molar-refractivity contribution >= 4 is 23.4 Å². The summed E-state index contributed by atoms with van der Waals surface area (Å²) in [7, 11) is 1.54.